The first-order chi connectivity index (χ1) is 3.27. The summed E-state index contributed by atoms with van der Waals surface area (Å²) in [6.07, 6.45) is 0. The molecule has 0 spiro atoms. The lowest BCUT2D eigenvalue weighted by molar-refractivity contribution is -0.135. The Balaban J connectivity index is 0. The fraction of sp³-hybridized carbons (Fsp3) is 0.500. The lowest BCUT2D eigenvalue weighted by Gasteiger charge is -1.73. The lowest BCUT2D eigenvalue weighted by atomic mass is 10.7. The Morgan fingerprint density at radius 3 is 1.71 bits per heavy atom. The molecule has 0 aromatic heterocycles. The normalized spacial score (nSPS) is 6.14. The summed E-state index contributed by atoms with van der Waals surface area (Å²) in [5.41, 5.74) is 4.57. The molecule has 0 radical (unpaired) electrons. The maximum absolute atomic E-state index is 9.24. The van der Waals surface area contributed by atoms with E-state index in [-0.39, 0.29) is 6.54 Å². The van der Waals surface area contributed by atoms with E-state index in [4.69, 9.17) is 5.11 Å². The van der Waals surface area contributed by atoms with Gasteiger partial charge in [0.25, 0.3) is 0 Å². The van der Waals surface area contributed by atoms with Gasteiger partial charge < -0.3 is 10.8 Å². The van der Waals surface area contributed by atoms with Gasteiger partial charge in [-0.25, -0.2) is 0 Å². The number of hydrogen-bond donors (Lipinski definition) is 4. The predicted octanol–water partition coefficient (Wildman–Crippen LogP) is -2.15. The summed E-state index contributed by atoms with van der Waals surface area (Å²) in [6, 6.07) is 0. The Labute approximate surface area is 41.1 Å². The van der Waals surface area contributed by atoms with Gasteiger partial charge in [0.1, 0.15) is 0 Å². The van der Waals surface area contributed by atoms with Crippen molar-refractivity contribution in [2.75, 3.05) is 6.54 Å². The van der Waals surface area contributed by atoms with E-state index in [2.05, 4.69) is 17.4 Å². The van der Waals surface area contributed by atoms with Crippen LogP contribution in [0.5, 0.6) is 0 Å². The van der Waals surface area contributed by atoms with E-state index >= 15 is 0 Å². The number of carboxylic acid groups (broad SMARTS) is 1. The van der Waals surface area contributed by atoms with Crippen LogP contribution in [0.25, 0.3) is 0 Å². The zero-order chi connectivity index (χ0) is 6.28. The van der Waals surface area contributed by atoms with Crippen molar-refractivity contribution in [1.82, 2.24) is 0 Å². The van der Waals surface area contributed by atoms with Crippen molar-refractivity contribution in [1.29, 1.82) is 0 Å². The van der Waals surface area contributed by atoms with E-state index in [0.29, 0.717) is 0 Å². The van der Waals surface area contributed by atoms with Crippen LogP contribution in [-0.2, 0) is 4.79 Å². The topological polar surface area (TPSA) is 115 Å². The number of rotatable bonds is 1. The van der Waals surface area contributed by atoms with Gasteiger partial charge in [-0.2, -0.15) is 0 Å². The monoisotopic (exact) mass is 107 g/mol. The third-order valence-corrected chi connectivity index (χ3v) is 0.175. The summed E-state index contributed by atoms with van der Waals surface area (Å²) in [5.74, 6) is 7.03. The third kappa shape index (κ3) is 32.9. The highest BCUT2D eigenvalue weighted by atomic mass is 16.4. The Morgan fingerprint density at radius 1 is 1.57 bits per heavy atom. The zero-order valence-electron chi connectivity index (χ0n) is 3.79. The van der Waals surface area contributed by atoms with Crippen LogP contribution in [0.4, 0.5) is 0 Å². The van der Waals surface area contributed by atoms with Gasteiger partial charge in [0.05, 0.1) is 6.54 Å². The molecule has 0 aromatic carbocycles. The maximum Gasteiger partial charge on any atom is 0.317 e. The van der Waals surface area contributed by atoms with Crippen LogP contribution in [0.3, 0.4) is 0 Å². The second-order valence-corrected chi connectivity index (χ2v) is 0.598. The predicted molar refractivity (Wildman–Crippen MR) is 25.1 cm³/mol. The largest absolute Gasteiger partial charge is 0.480 e. The van der Waals surface area contributed by atoms with Gasteiger partial charge in [-0.05, 0) is 0 Å². The van der Waals surface area contributed by atoms with Gasteiger partial charge in [0.2, 0.25) is 0 Å². The van der Waals surface area contributed by atoms with Crippen molar-refractivity contribution in [2.45, 2.75) is 0 Å². The fourth-order valence-electron chi connectivity index (χ4n) is 0. The molecule has 5 nitrogen and oxygen atoms in total. The average molecular weight is 107 g/mol. The zero-order valence-corrected chi connectivity index (χ0v) is 3.79. The number of carbonyl (C=O) groups is 1. The first kappa shape index (κ1) is 9.61. The van der Waals surface area contributed by atoms with Crippen LogP contribution in [-0.4, -0.2) is 17.6 Å². The van der Waals surface area contributed by atoms with E-state index in [1.54, 1.807) is 0 Å². The molecule has 0 saturated heterocycles. The quantitative estimate of drug-likeness (QED) is 0.225. The average Bonchev–Trinajstić information content (AvgIpc) is 1.73. The van der Waals surface area contributed by atoms with Crippen molar-refractivity contribution in [3.63, 3.8) is 0 Å². The molecule has 0 aromatic rings. The van der Waals surface area contributed by atoms with Crippen molar-refractivity contribution >= 4 is 5.97 Å². The Hall–Kier alpha value is -0.650. The van der Waals surface area contributed by atoms with E-state index in [9.17, 15) is 4.79 Å². The summed E-state index contributed by atoms with van der Waals surface area (Å²) < 4.78 is 0. The number of nitrogens with two attached hydrogens (primary N) is 3. The molecule has 0 saturated carbocycles. The molecule has 0 aliphatic carbocycles. The van der Waals surface area contributed by atoms with Crippen molar-refractivity contribution < 1.29 is 9.90 Å². The molecule has 7 N–H and O–H groups in total. The summed E-state index contributed by atoms with van der Waals surface area (Å²) in [5, 5.41) is 7.60. The Bertz CT molecular complexity index is 46.2. The van der Waals surface area contributed by atoms with E-state index in [1.165, 1.54) is 0 Å². The van der Waals surface area contributed by atoms with Crippen LogP contribution in [0.1, 0.15) is 0 Å². The summed E-state index contributed by atoms with van der Waals surface area (Å²) in [7, 11) is 0. The molecule has 0 rings (SSSR count). The molecule has 0 unspecified atom stereocenters. The molecule has 0 aliphatic rings. The van der Waals surface area contributed by atoms with Gasteiger partial charge >= 0.3 is 5.97 Å². The van der Waals surface area contributed by atoms with Crippen molar-refractivity contribution in [3.8, 4) is 0 Å². The number of hydrazine groups is 1. The fourth-order valence-corrected chi connectivity index (χ4v) is 0. The second kappa shape index (κ2) is 9.02. The molecule has 0 fully saturated rings. The minimum atomic E-state index is -0.968. The van der Waals surface area contributed by atoms with Crippen molar-refractivity contribution in [2.24, 2.45) is 17.4 Å². The summed E-state index contributed by atoms with van der Waals surface area (Å²) >= 11 is 0. The SMILES string of the molecule is NCC(=O)O.NN. The highest BCUT2D eigenvalue weighted by Gasteiger charge is 1.81. The van der Waals surface area contributed by atoms with Crippen LogP contribution in [0.2, 0.25) is 0 Å². The molecule has 7 heavy (non-hydrogen) atoms. The lowest BCUT2D eigenvalue weighted by Crippen LogP contribution is -2.10. The number of hydrogen-bond acceptors (Lipinski definition) is 4. The first-order valence-corrected chi connectivity index (χ1v) is 1.52. The Morgan fingerprint density at radius 2 is 1.71 bits per heavy atom. The van der Waals surface area contributed by atoms with Gasteiger partial charge in [-0.1, -0.05) is 0 Å². The van der Waals surface area contributed by atoms with Crippen LogP contribution >= 0.6 is 0 Å². The standard InChI is InChI=1S/C2H5NO2.H4N2/c3-1-2(4)5;1-2/h1,3H2,(H,4,5);1-2H2. The Kier molecular flexibility index (Phi) is 12.4. The number of aliphatic carboxylic acids is 1. The van der Waals surface area contributed by atoms with Crippen molar-refractivity contribution in [3.05, 3.63) is 0 Å². The molecular weight excluding hydrogens is 98.0 g/mol. The van der Waals surface area contributed by atoms with E-state index in [0.717, 1.165) is 0 Å². The molecule has 0 bridgehead atoms. The van der Waals surface area contributed by atoms with E-state index < -0.39 is 5.97 Å². The molecular formula is C2H9N3O2. The van der Waals surface area contributed by atoms with Gasteiger partial charge in [-0.15, -0.1) is 0 Å². The molecule has 0 heterocycles. The minimum absolute atomic E-state index is 0.278. The summed E-state index contributed by atoms with van der Waals surface area (Å²) in [4.78, 5) is 9.24. The number of carboxylic acids is 1. The maximum atomic E-state index is 9.24. The van der Waals surface area contributed by atoms with Gasteiger partial charge in [0.15, 0.2) is 0 Å². The highest BCUT2D eigenvalue weighted by molar-refractivity contribution is 5.68. The third-order valence-electron chi connectivity index (χ3n) is 0.175. The van der Waals surface area contributed by atoms with Crippen LogP contribution < -0.4 is 17.4 Å². The van der Waals surface area contributed by atoms with Gasteiger partial charge in [-0.3, -0.25) is 16.5 Å². The summed E-state index contributed by atoms with van der Waals surface area (Å²) in [6.45, 7) is -0.278. The minimum Gasteiger partial charge on any atom is -0.480 e. The second-order valence-electron chi connectivity index (χ2n) is 0.598. The molecule has 44 valence electrons. The molecule has 5 heteroatoms. The first-order valence-electron chi connectivity index (χ1n) is 1.52. The molecule has 0 atom stereocenters. The molecule has 0 aliphatic heterocycles. The molecule has 0 amide bonds. The highest BCUT2D eigenvalue weighted by Crippen LogP contribution is 1.43. The smallest absolute Gasteiger partial charge is 0.317 e. The van der Waals surface area contributed by atoms with Crippen LogP contribution in [0, 0.1) is 0 Å². The van der Waals surface area contributed by atoms with E-state index in [1.807, 2.05) is 0 Å². The van der Waals surface area contributed by atoms with Crippen LogP contribution in [0.15, 0.2) is 0 Å². The van der Waals surface area contributed by atoms with Gasteiger partial charge in [0, 0.05) is 0 Å².